The molecule has 1 atom stereocenters. The molecule has 1 unspecified atom stereocenters. The van der Waals surface area contributed by atoms with E-state index >= 15 is 0 Å². The number of methoxy groups -OCH3 is 2. The van der Waals surface area contributed by atoms with Crippen LogP contribution in [0.3, 0.4) is 0 Å². The van der Waals surface area contributed by atoms with Gasteiger partial charge in [-0.15, -0.1) is 0 Å². The Morgan fingerprint density at radius 1 is 0.804 bits per heavy atom. The molecule has 0 saturated heterocycles. The van der Waals surface area contributed by atoms with Gasteiger partial charge in [-0.05, 0) is 61.7 Å². The van der Waals surface area contributed by atoms with E-state index in [1.165, 1.54) is 37.3 Å². The average Bonchev–Trinajstić information content (AvgIpc) is 3.06. The van der Waals surface area contributed by atoms with E-state index in [-0.39, 0.29) is 35.6 Å². The van der Waals surface area contributed by atoms with Gasteiger partial charge in [-0.2, -0.15) is 0 Å². The second kappa shape index (κ2) is 15.4. The summed E-state index contributed by atoms with van der Waals surface area (Å²) in [4.78, 5) is 29.8. The standard InChI is InChI=1S/C36H41N3O6S/c1-26(2)37-36(41)32(22-28-15-8-6-9-16-28)38(24-29-17-13-12-14-27(29)3)35(40)25-39(30-18-10-7-11-19-30)46(42,43)31-20-21-33(44-4)34(23-31)45-5/h6-21,23,26,32H,22,24-25H2,1-5H3,(H,37,41). The fraction of sp³-hybridized carbons (Fsp3) is 0.278. The minimum atomic E-state index is -4.30. The number of sulfonamides is 1. The van der Waals surface area contributed by atoms with Gasteiger partial charge >= 0.3 is 0 Å². The minimum absolute atomic E-state index is 0.0781. The van der Waals surface area contributed by atoms with Crippen LogP contribution < -0.4 is 19.1 Å². The van der Waals surface area contributed by atoms with Crippen molar-refractivity contribution in [1.82, 2.24) is 10.2 Å². The van der Waals surface area contributed by atoms with E-state index in [4.69, 9.17) is 9.47 Å². The number of hydrogen-bond donors (Lipinski definition) is 1. The molecule has 0 aliphatic heterocycles. The first-order valence-corrected chi connectivity index (χ1v) is 16.5. The highest BCUT2D eigenvalue weighted by Gasteiger charge is 2.35. The van der Waals surface area contributed by atoms with Crippen LogP contribution in [-0.4, -0.2) is 58.0 Å². The second-order valence-corrected chi connectivity index (χ2v) is 13.0. The van der Waals surface area contributed by atoms with Gasteiger partial charge in [0.15, 0.2) is 11.5 Å². The number of nitrogens with one attached hydrogen (secondary N) is 1. The Labute approximate surface area is 271 Å². The molecule has 0 spiro atoms. The summed E-state index contributed by atoms with van der Waals surface area (Å²) in [6, 6.07) is 28.7. The summed E-state index contributed by atoms with van der Waals surface area (Å²) in [6.07, 6.45) is 0.241. The SMILES string of the molecule is COc1ccc(S(=O)(=O)N(CC(=O)N(Cc2ccccc2C)C(Cc2ccccc2)C(=O)NC(C)C)c2ccccc2)cc1OC. The van der Waals surface area contributed by atoms with Gasteiger partial charge in [-0.3, -0.25) is 13.9 Å². The van der Waals surface area contributed by atoms with Crippen molar-refractivity contribution in [2.45, 2.75) is 50.7 Å². The number of anilines is 1. The third-order valence-electron chi connectivity index (χ3n) is 7.57. The molecule has 0 aliphatic carbocycles. The quantitative estimate of drug-likeness (QED) is 0.198. The number of carbonyl (C=O) groups is 2. The molecular weight excluding hydrogens is 602 g/mol. The molecule has 0 aromatic heterocycles. The highest BCUT2D eigenvalue weighted by molar-refractivity contribution is 7.92. The van der Waals surface area contributed by atoms with Gasteiger partial charge in [-0.25, -0.2) is 8.42 Å². The smallest absolute Gasteiger partial charge is 0.264 e. The van der Waals surface area contributed by atoms with Crippen LogP contribution in [-0.2, 0) is 32.6 Å². The Bertz CT molecular complexity index is 1730. The van der Waals surface area contributed by atoms with Crippen LogP contribution in [0.1, 0.15) is 30.5 Å². The Balaban J connectivity index is 1.82. The fourth-order valence-corrected chi connectivity index (χ4v) is 6.56. The lowest BCUT2D eigenvalue weighted by Crippen LogP contribution is -2.54. The van der Waals surface area contributed by atoms with Gasteiger partial charge in [0.25, 0.3) is 10.0 Å². The van der Waals surface area contributed by atoms with Crippen LogP contribution in [0.4, 0.5) is 5.69 Å². The number of para-hydroxylation sites is 1. The van der Waals surface area contributed by atoms with Crippen molar-refractivity contribution < 1.29 is 27.5 Å². The number of amides is 2. The van der Waals surface area contributed by atoms with E-state index in [0.29, 0.717) is 11.4 Å². The lowest BCUT2D eigenvalue weighted by atomic mass is 10.0. The van der Waals surface area contributed by atoms with Crippen molar-refractivity contribution in [2.24, 2.45) is 0 Å². The molecule has 4 aromatic carbocycles. The molecule has 10 heteroatoms. The predicted molar refractivity (Wildman–Crippen MR) is 179 cm³/mol. The van der Waals surface area contributed by atoms with Gasteiger partial charge in [0.2, 0.25) is 11.8 Å². The van der Waals surface area contributed by atoms with E-state index < -0.39 is 28.5 Å². The van der Waals surface area contributed by atoms with Crippen LogP contribution in [0.25, 0.3) is 0 Å². The first-order valence-electron chi connectivity index (χ1n) is 15.0. The summed E-state index contributed by atoms with van der Waals surface area (Å²) in [7, 11) is -1.41. The van der Waals surface area contributed by atoms with Crippen LogP contribution >= 0.6 is 0 Å². The molecule has 9 nitrogen and oxygen atoms in total. The summed E-state index contributed by atoms with van der Waals surface area (Å²) in [5, 5.41) is 2.97. The van der Waals surface area contributed by atoms with E-state index in [9.17, 15) is 18.0 Å². The Kier molecular flexibility index (Phi) is 11.4. The average molecular weight is 644 g/mol. The number of nitrogens with zero attached hydrogens (tertiary/aromatic N) is 2. The maximum absolute atomic E-state index is 14.6. The molecule has 0 bridgehead atoms. The van der Waals surface area contributed by atoms with Crippen molar-refractivity contribution in [3.05, 3.63) is 120 Å². The monoisotopic (exact) mass is 643 g/mol. The number of hydrogen-bond acceptors (Lipinski definition) is 6. The van der Waals surface area contributed by atoms with Crippen molar-refractivity contribution in [2.75, 3.05) is 25.1 Å². The predicted octanol–water partition coefficient (Wildman–Crippen LogP) is 5.37. The first-order chi connectivity index (χ1) is 22.0. The molecular formula is C36H41N3O6S. The molecule has 4 rings (SSSR count). The van der Waals surface area contributed by atoms with Crippen LogP contribution in [0, 0.1) is 6.92 Å². The summed E-state index contributed by atoms with van der Waals surface area (Å²) >= 11 is 0. The maximum Gasteiger partial charge on any atom is 0.264 e. The molecule has 242 valence electrons. The van der Waals surface area contributed by atoms with Crippen molar-refractivity contribution >= 4 is 27.5 Å². The molecule has 0 aliphatic rings. The lowest BCUT2D eigenvalue weighted by molar-refractivity contribution is -0.140. The highest BCUT2D eigenvalue weighted by atomic mass is 32.2. The molecule has 0 heterocycles. The Morgan fingerprint density at radius 2 is 1.41 bits per heavy atom. The number of benzene rings is 4. The van der Waals surface area contributed by atoms with Crippen molar-refractivity contribution in [3.63, 3.8) is 0 Å². The Hall–Kier alpha value is -4.83. The van der Waals surface area contributed by atoms with Gasteiger partial charge < -0.3 is 19.7 Å². The van der Waals surface area contributed by atoms with Crippen molar-refractivity contribution in [1.29, 1.82) is 0 Å². The van der Waals surface area contributed by atoms with E-state index in [1.807, 2.05) is 75.4 Å². The highest BCUT2D eigenvalue weighted by Crippen LogP contribution is 2.32. The molecule has 0 radical (unpaired) electrons. The number of ether oxygens (including phenoxy) is 2. The zero-order chi connectivity index (χ0) is 33.3. The Morgan fingerprint density at radius 3 is 2.02 bits per heavy atom. The van der Waals surface area contributed by atoms with E-state index in [0.717, 1.165) is 21.0 Å². The number of rotatable bonds is 14. The van der Waals surface area contributed by atoms with Gasteiger partial charge in [0, 0.05) is 25.1 Å². The van der Waals surface area contributed by atoms with Crippen LogP contribution in [0.15, 0.2) is 108 Å². The maximum atomic E-state index is 14.6. The van der Waals surface area contributed by atoms with E-state index in [2.05, 4.69) is 5.32 Å². The molecule has 0 fully saturated rings. The molecule has 46 heavy (non-hydrogen) atoms. The van der Waals surface area contributed by atoms with Crippen LogP contribution in [0.2, 0.25) is 0 Å². The molecule has 4 aromatic rings. The normalized spacial score (nSPS) is 11.9. The summed E-state index contributed by atoms with van der Waals surface area (Å²) in [6.45, 7) is 5.21. The van der Waals surface area contributed by atoms with Gasteiger partial charge in [0.05, 0.1) is 24.8 Å². The summed E-state index contributed by atoms with van der Waals surface area (Å²) in [5.41, 5.74) is 2.96. The van der Waals surface area contributed by atoms with E-state index in [1.54, 1.807) is 30.3 Å². The second-order valence-electron chi connectivity index (χ2n) is 11.2. The first kappa shape index (κ1) is 34.1. The zero-order valence-electron chi connectivity index (χ0n) is 26.8. The number of aryl methyl sites for hydroxylation is 1. The molecule has 1 N–H and O–H groups in total. The largest absolute Gasteiger partial charge is 0.493 e. The van der Waals surface area contributed by atoms with Gasteiger partial charge in [0.1, 0.15) is 12.6 Å². The third kappa shape index (κ3) is 8.25. The fourth-order valence-electron chi connectivity index (χ4n) is 5.13. The molecule has 0 saturated carbocycles. The van der Waals surface area contributed by atoms with Crippen molar-refractivity contribution in [3.8, 4) is 11.5 Å². The van der Waals surface area contributed by atoms with Gasteiger partial charge in [-0.1, -0.05) is 72.8 Å². The topological polar surface area (TPSA) is 105 Å². The third-order valence-corrected chi connectivity index (χ3v) is 9.34. The van der Waals surface area contributed by atoms with Crippen LogP contribution in [0.5, 0.6) is 11.5 Å². The molecule has 2 amide bonds. The zero-order valence-corrected chi connectivity index (χ0v) is 27.7. The minimum Gasteiger partial charge on any atom is -0.493 e. The number of carbonyl (C=O) groups excluding carboxylic acids is 2. The summed E-state index contributed by atoms with van der Waals surface area (Å²) in [5.74, 6) is -0.253. The summed E-state index contributed by atoms with van der Waals surface area (Å²) < 4.78 is 40.3. The lowest BCUT2D eigenvalue weighted by Gasteiger charge is -2.34.